The third-order valence-corrected chi connectivity index (χ3v) is 3.46. The molecule has 1 aliphatic rings. The third kappa shape index (κ3) is 2.68. The highest BCUT2D eigenvalue weighted by Crippen LogP contribution is 2.42. The summed E-state index contributed by atoms with van der Waals surface area (Å²) in [4.78, 5) is 4.07. The van der Waals surface area contributed by atoms with Gasteiger partial charge in [0.1, 0.15) is 0 Å². The summed E-state index contributed by atoms with van der Waals surface area (Å²) in [5.74, 6) is 0.680. The summed E-state index contributed by atoms with van der Waals surface area (Å²) in [6.45, 7) is 5.24. The Kier molecular flexibility index (Phi) is 3.34. The van der Waals surface area contributed by atoms with Crippen molar-refractivity contribution in [2.24, 2.45) is 0 Å². The number of pyridine rings is 1. The van der Waals surface area contributed by atoms with E-state index in [1.54, 1.807) is 0 Å². The smallest absolute Gasteiger partial charge is 0.0679 e. The van der Waals surface area contributed by atoms with Gasteiger partial charge < -0.3 is 5.32 Å². The zero-order valence-electron chi connectivity index (χ0n) is 11.5. The van der Waals surface area contributed by atoms with Crippen LogP contribution >= 0.6 is 0 Å². The first-order chi connectivity index (χ1) is 9.25. The molecule has 0 bridgehead atoms. The average Bonchev–Trinajstić information content (AvgIpc) is 3.17. The second-order valence-corrected chi connectivity index (χ2v) is 5.48. The van der Waals surface area contributed by atoms with E-state index in [9.17, 15) is 0 Å². The van der Waals surface area contributed by atoms with Crippen LogP contribution in [0.3, 0.4) is 0 Å². The molecule has 0 aliphatic heterocycles. The van der Waals surface area contributed by atoms with Crippen molar-refractivity contribution in [3.8, 4) is 5.69 Å². The molecule has 0 spiro atoms. The second kappa shape index (κ2) is 5.13. The van der Waals surface area contributed by atoms with E-state index in [0.29, 0.717) is 12.0 Å². The van der Waals surface area contributed by atoms with Gasteiger partial charge in [0, 0.05) is 36.5 Å². The lowest BCUT2D eigenvalue weighted by atomic mass is 10.1. The SMILES string of the molecule is CC(C)NCc1cnn(-c2ccncc2)c1C1CC1. The topological polar surface area (TPSA) is 42.7 Å². The van der Waals surface area contributed by atoms with E-state index in [2.05, 4.69) is 33.9 Å². The van der Waals surface area contributed by atoms with Gasteiger partial charge in [0.15, 0.2) is 0 Å². The van der Waals surface area contributed by atoms with E-state index >= 15 is 0 Å². The van der Waals surface area contributed by atoms with Gasteiger partial charge in [-0.25, -0.2) is 4.68 Å². The maximum Gasteiger partial charge on any atom is 0.0679 e. The fourth-order valence-electron chi connectivity index (χ4n) is 2.32. The van der Waals surface area contributed by atoms with Crippen LogP contribution in [0, 0.1) is 0 Å². The predicted octanol–water partition coefficient (Wildman–Crippen LogP) is 2.64. The Balaban J connectivity index is 1.92. The second-order valence-electron chi connectivity index (χ2n) is 5.48. The summed E-state index contributed by atoms with van der Waals surface area (Å²) in [5.41, 5.74) is 3.81. The van der Waals surface area contributed by atoms with Crippen molar-refractivity contribution in [2.45, 2.75) is 45.2 Å². The molecule has 100 valence electrons. The van der Waals surface area contributed by atoms with Gasteiger partial charge in [-0.15, -0.1) is 0 Å². The summed E-state index contributed by atoms with van der Waals surface area (Å²) < 4.78 is 2.08. The number of nitrogens with one attached hydrogen (secondary N) is 1. The highest BCUT2D eigenvalue weighted by atomic mass is 15.3. The highest BCUT2D eigenvalue weighted by Gasteiger charge is 2.30. The molecule has 2 aromatic heterocycles. The van der Waals surface area contributed by atoms with Crippen LogP contribution in [0.1, 0.15) is 43.9 Å². The maximum atomic E-state index is 4.57. The van der Waals surface area contributed by atoms with Crippen molar-refractivity contribution in [2.75, 3.05) is 0 Å². The fraction of sp³-hybridized carbons (Fsp3) is 0.467. The molecule has 3 rings (SSSR count). The van der Waals surface area contributed by atoms with Crippen LogP contribution in [0.25, 0.3) is 5.69 Å². The van der Waals surface area contributed by atoms with Crippen molar-refractivity contribution in [1.82, 2.24) is 20.1 Å². The molecule has 1 N–H and O–H groups in total. The first-order valence-electron chi connectivity index (χ1n) is 6.96. The first kappa shape index (κ1) is 12.4. The Hall–Kier alpha value is -1.68. The van der Waals surface area contributed by atoms with Gasteiger partial charge in [-0.3, -0.25) is 4.98 Å². The van der Waals surface area contributed by atoms with Gasteiger partial charge in [-0.2, -0.15) is 5.10 Å². The minimum atomic E-state index is 0.497. The van der Waals surface area contributed by atoms with E-state index in [1.165, 1.54) is 24.1 Å². The average molecular weight is 256 g/mol. The predicted molar refractivity (Wildman–Crippen MR) is 75.3 cm³/mol. The van der Waals surface area contributed by atoms with Gasteiger partial charge >= 0.3 is 0 Å². The lowest BCUT2D eigenvalue weighted by Crippen LogP contribution is -2.22. The summed E-state index contributed by atoms with van der Waals surface area (Å²) in [6, 6.07) is 4.52. The van der Waals surface area contributed by atoms with Crippen molar-refractivity contribution in [3.63, 3.8) is 0 Å². The quantitative estimate of drug-likeness (QED) is 0.894. The van der Waals surface area contributed by atoms with Gasteiger partial charge in [0.05, 0.1) is 17.6 Å². The van der Waals surface area contributed by atoms with E-state index in [4.69, 9.17) is 0 Å². The molecule has 19 heavy (non-hydrogen) atoms. The zero-order valence-corrected chi connectivity index (χ0v) is 11.5. The number of hydrogen-bond acceptors (Lipinski definition) is 3. The van der Waals surface area contributed by atoms with Crippen LogP contribution in [0.5, 0.6) is 0 Å². The van der Waals surface area contributed by atoms with Crippen LogP contribution in [-0.4, -0.2) is 20.8 Å². The Morgan fingerprint density at radius 3 is 2.68 bits per heavy atom. The number of rotatable bonds is 5. The van der Waals surface area contributed by atoms with Crippen LogP contribution in [0.15, 0.2) is 30.7 Å². The molecule has 0 atom stereocenters. The molecule has 0 saturated heterocycles. The Labute approximate surface area is 113 Å². The molecule has 0 radical (unpaired) electrons. The molecule has 4 heteroatoms. The summed E-state index contributed by atoms with van der Waals surface area (Å²) in [5, 5.41) is 8.06. The number of aromatic nitrogens is 3. The maximum absolute atomic E-state index is 4.57. The molecular formula is C15H20N4. The Bertz CT molecular complexity index is 541. The molecule has 0 unspecified atom stereocenters. The van der Waals surface area contributed by atoms with Gasteiger partial charge in [0.25, 0.3) is 0 Å². The number of nitrogens with zero attached hydrogens (tertiary/aromatic N) is 3. The molecule has 1 saturated carbocycles. The molecule has 2 aromatic rings. The van der Waals surface area contributed by atoms with Crippen LogP contribution in [-0.2, 0) is 6.54 Å². The normalized spacial score (nSPS) is 15.1. The van der Waals surface area contributed by atoms with Gasteiger partial charge in [0.2, 0.25) is 0 Å². The van der Waals surface area contributed by atoms with Crippen molar-refractivity contribution in [1.29, 1.82) is 0 Å². The van der Waals surface area contributed by atoms with Crippen molar-refractivity contribution >= 4 is 0 Å². The lowest BCUT2D eigenvalue weighted by Gasteiger charge is -2.11. The van der Waals surface area contributed by atoms with E-state index in [-0.39, 0.29) is 0 Å². The first-order valence-corrected chi connectivity index (χ1v) is 6.96. The minimum absolute atomic E-state index is 0.497. The monoisotopic (exact) mass is 256 g/mol. The Morgan fingerprint density at radius 2 is 2.05 bits per heavy atom. The van der Waals surface area contributed by atoms with Crippen LogP contribution < -0.4 is 5.32 Å². The van der Waals surface area contributed by atoms with Gasteiger partial charge in [-0.1, -0.05) is 13.8 Å². The molecular weight excluding hydrogens is 236 g/mol. The molecule has 4 nitrogen and oxygen atoms in total. The standard InChI is InChI=1S/C15H20N4/c1-11(2)17-9-13-10-18-19(15(13)12-3-4-12)14-5-7-16-8-6-14/h5-8,10-12,17H,3-4,9H2,1-2H3. The van der Waals surface area contributed by atoms with E-state index in [1.807, 2.05) is 30.7 Å². The van der Waals surface area contributed by atoms with Crippen LogP contribution in [0.2, 0.25) is 0 Å². The molecule has 1 fully saturated rings. The van der Waals surface area contributed by atoms with Gasteiger partial charge in [-0.05, 0) is 25.0 Å². The number of hydrogen-bond donors (Lipinski definition) is 1. The molecule has 1 aliphatic carbocycles. The molecule has 0 aromatic carbocycles. The Morgan fingerprint density at radius 1 is 1.32 bits per heavy atom. The van der Waals surface area contributed by atoms with Crippen molar-refractivity contribution in [3.05, 3.63) is 42.0 Å². The fourth-order valence-corrected chi connectivity index (χ4v) is 2.32. The largest absolute Gasteiger partial charge is 0.310 e. The summed E-state index contributed by atoms with van der Waals surface area (Å²) in [7, 11) is 0. The third-order valence-electron chi connectivity index (χ3n) is 3.46. The molecule has 2 heterocycles. The highest BCUT2D eigenvalue weighted by molar-refractivity contribution is 5.36. The lowest BCUT2D eigenvalue weighted by molar-refractivity contribution is 0.585. The van der Waals surface area contributed by atoms with Crippen LogP contribution in [0.4, 0.5) is 0 Å². The minimum Gasteiger partial charge on any atom is -0.310 e. The summed E-state index contributed by atoms with van der Waals surface area (Å²) >= 11 is 0. The van der Waals surface area contributed by atoms with Crippen molar-refractivity contribution < 1.29 is 0 Å². The summed E-state index contributed by atoms with van der Waals surface area (Å²) in [6.07, 6.45) is 8.21. The zero-order chi connectivity index (χ0) is 13.2. The van der Waals surface area contributed by atoms with E-state index < -0.39 is 0 Å². The van der Waals surface area contributed by atoms with E-state index in [0.717, 1.165) is 12.2 Å². The molecule has 0 amide bonds.